The van der Waals surface area contributed by atoms with E-state index < -0.39 is 47.7 Å². The Morgan fingerprint density at radius 3 is 1.45 bits per heavy atom. The molecule has 0 fully saturated rings. The van der Waals surface area contributed by atoms with Crippen molar-refractivity contribution < 1.29 is 82.7 Å². The fraction of sp³-hybridized carbons (Fsp3) is 0.345. The lowest BCUT2D eigenvalue weighted by atomic mass is 10.0. The minimum atomic E-state index is -0.711. The second kappa shape index (κ2) is 28.0. The van der Waals surface area contributed by atoms with Gasteiger partial charge < -0.3 is 80.4 Å². The second-order valence-electron chi connectivity index (χ2n) is 21.1. The van der Waals surface area contributed by atoms with Gasteiger partial charge in [-0.2, -0.15) is 0 Å². The minimum absolute atomic E-state index is 0.0153. The molecule has 0 aliphatic heterocycles. The van der Waals surface area contributed by atoms with Crippen LogP contribution in [0.2, 0.25) is 0 Å². The van der Waals surface area contributed by atoms with E-state index in [2.05, 4.69) is 70.3 Å². The Kier molecular flexibility index (Phi) is 19.7. The number of hydrogen-bond acceptors (Lipinski definition) is 28. The smallest absolute Gasteiger partial charge is 0.408 e. The Hall–Kier alpha value is -11.0. The molecule has 3 amide bonds. The summed E-state index contributed by atoms with van der Waals surface area (Å²) in [4.78, 5) is 100. The van der Waals surface area contributed by atoms with Gasteiger partial charge in [0.25, 0.3) is 5.91 Å². The fourth-order valence-corrected chi connectivity index (χ4v) is 7.91. The third kappa shape index (κ3) is 16.1. The summed E-state index contributed by atoms with van der Waals surface area (Å²) in [5.41, 5.74) is 7.67. The number of carbonyl (C=O) groups is 5. The Balaban J connectivity index is 0.000000326. The molecule has 1 aromatic carbocycles. The SMILES string of the molecule is COC(=O)c1coc(-c2coc(-c3coc(C(N)C(C)C)n3)n2)n1.COC(=O)c1coc(-c2coc(-c3coc(C(NC(=O)c4coc(-c5coc(-c6coc(C(CCCCNC(=O)OC(C)(C)C)NC(=O)OCc7ccccc7)n6)n5)n4)C(C)C)n3)n2)n1. The highest BCUT2D eigenvalue weighted by Gasteiger charge is 2.30. The highest BCUT2D eigenvalue weighted by Crippen LogP contribution is 2.31. The first-order valence-electron chi connectivity index (χ1n) is 27.5. The van der Waals surface area contributed by atoms with Crippen molar-refractivity contribution >= 4 is 30.0 Å². The van der Waals surface area contributed by atoms with E-state index in [1.807, 2.05) is 58.0 Å². The van der Waals surface area contributed by atoms with Crippen molar-refractivity contribution in [2.75, 3.05) is 20.8 Å². The van der Waals surface area contributed by atoms with Crippen molar-refractivity contribution in [3.8, 4) is 69.5 Å². The van der Waals surface area contributed by atoms with Crippen molar-refractivity contribution in [1.29, 1.82) is 0 Å². The molecular formula is C58H61N13O18. The van der Waals surface area contributed by atoms with Crippen LogP contribution in [0.25, 0.3) is 69.5 Å². The highest BCUT2D eigenvalue weighted by molar-refractivity contribution is 5.92. The molecule has 5 N–H and O–H groups in total. The molecule has 0 spiro atoms. The number of alkyl carbamates (subject to hydrolysis) is 2. The van der Waals surface area contributed by atoms with Crippen LogP contribution in [0.1, 0.15) is 141 Å². The number of rotatable bonds is 23. The molecule has 0 aliphatic carbocycles. The molecule has 31 heteroatoms. The number of benzene rings is 1. The summed E-state index contributed by atoms with van der Waals surface area (Å²) >= 11 is 0. The molecule has 466 valence electrons. The summed E-state index contributed by atoms with van der Waals surface area (Å²) in [5.74, 6) is -0.624. The summed E-state index contributed by atoms with van der Waals surface area (Å²) in [7, 11) is 2.48. The molecule has 89 heavy (non-hydrogen) atoms. The van der Waals surface area contributed by atoms with Crippen LogP contribution in [0.4, 0.5) is 9.59 Å². The average Bonchev–Trinajstić information content (AvgIpc) is 3.87. The number of esters is 2. The molecule has 3 unspecified atom stereocenters. The number of nitrogens with two attached hydrogens (primary N) is 1. The van der Waals surface area contributed by atoms with E-state index in [0.717, 1.165) is 11.8 Å². The first kappa shape index (κ1) is 62.5. The van der Waals surface area contributed by atoms with E-state index >= 15 is 0 Å². The zero-order chi connectivity index (χ0) is 63.4. The van der Waals surface area contributed by atoms with Crippen LogP contribution in [0.15, 0.2) is 126 Å². The monoisotopic (exact) mass is 1230 g/mol. The third-order valence-corrected chi connectivity index (χ3v) is 12.5. The molecule has 9 heterocycles. The van der Waals surface area contributed by atoms with Crippen LogP contribution in [0.3, 0.4) is 0 Å². The molecule has 10 aromatic rings. The van der Waals surface area contributed by atoms with E-state index in [9.17, 15) is 24.0 Å². The maximum atomic E-state index is 13.4. The number of nitrogens with one attached hydrogen (secondary N) is 3. The first-order valence-corrected chi connectivity index (χ1v) is 27.5. The van der Waals surface area contributed by atoms with Gasteiger partial charge in [-0.3, -0.25) is 4.79 Å². The maximum absolute atomic E-state index is 13.4. The summed E-state index contributed by atoms with van der Waals surface area (Å²) in [5, 5.41) is 8.41. The number of ether oxygens (including phenoxy) is 4. The Morgan fingerprint density at radius 2 is 0.944 bits per heavy atom. The summed E-state index contributed by atoms with van der Waals surface area (Å²) in [6.07, 6.45) is 11.8. The Labute approximate surface area is 504 Å². The van der Waals surface area contributed by atoms with Gasteiger partial charge in [0, 0.05) is 6.54 Å². The Morgan fingerprint density at radius 1 is 0.506 bits per heavy atom. The summed E-state index contributed by atoms with van der Waals surface area (Å²) in [6, 6.07) is 7.49. The van der Waals surface area contributed by atoms with E-state index in [4.69, 9.17) is 55.0 Å². The lowest BCUT2D eigenvalue weighted by Gasteiger charge is -2.19. The van der Waals surface area contributed by atoms with Crippen molar-refractivity contribution in [2.24, 2.45) is 17.6 Å². The number of methoxy groups -OCH3 is 2. The lowest BCUT2D eigenvalue weighted by Crippen LogP contribution is -2.33. The van der Waals surface area contributed by atoms with E-state index in [0.29, 0.717) is 43.1 Å². The van der Waals surface area contributed by atoms with Gasteiger partial charge in [-0.15, -0.1) is 0 Å². The third-order valence-electron chi connectivity index (χ3n) is 12.5. The fourth-order valence-electron chi connectivity index (χ4n) is 7.91. The molecular weight excluding hydrogens is 1170 g/mol. The van der Waals surface area contributed by atoms with Crippen LogP contribution in [0, 0.1) is 11.8 Å². The molecule has 10 rings (SSSR count). The topological polar surface area (TPSA) is 419 Å². The molecule has 0 radical (unpaired) electrons. The van der Waals surface area contributed by atoms with E-state index in [1.54, 1.807) is 20.8 Å². The number of carbonyl (C=O) groups excluding carboxylic acids is 5. The predicted molar refractivity (Wildman–Crippen MR) is 303 cm³/mol. The highest BCUT2D eigenvalue weighted by atomic mass is 16.6. The number of amides is 3. The molecule has 3 atom stereocenters. The van der Waals surface area contributed by atoms with E-state index in [1.165, 1.54) is 64.3 Å². The van der Waals surface area contributed by atoms with Crippen molar-refractivity contribution in [3.63, 3.8) is 0 Å². The quantitative estimate of drug-likeness (QED) is 0.0262. The van der Waals surface area contributed by atoms with Gasteiger partial charge in [0.1, 0.15) is 80.7 Å². The number of nitrogens with zero attached hydrogens (tertiary/aromatic N) is 9. The maximum Gasteiger partial charge on any atom is 0.408 e. The zero-order valence-corrected chi connectivity index (χ0v) is 49.5. The van der Waals surface area contributed by atoms with Gasteiger partial charge in [0.15, 0.2) is 51.2 Å². The molecule has 0 aliphatic rings. The van der Waals surface area contributed by atoms with E-state index in [-0.39, 0.29) is 111 Å². The first-order chi connectivity index (χ1) is 42.7. The predicted octanol–water partition coefficient (Wildman–Crippen LogP) is 10.3. The standard InChI is InChI=1S/C43H45N9O13.C15H16N4O5/c1-23(2)32(39-49-30(21-63-39)37-48-29(20-61-37)38-50-31(22-62-38)40(54)57-6)52-33(53)26-17-58-35(45-26)27-19-60-36(47-27)28-18-59-34(46-28)25(14-10-11-15-44-41(55)65-43(3,4)5)51-42(56)64-16-24-12-8-7-9-13-24;1-7(2)11(16)14-18-9(5-24-14)12-17-8(4-22-12)13-19-10(6-23-13)15(20)21-3/h7-9,12-13,17-23,25,32H,10-11,14-16H2,1-6H3,(H,44,55)(H,51,56)(H,52,53);4-7,11H,16H2,1-3H3. The number of hydrogen-bond donors (Lipinski definition) is 4. The molecule has 0 saturated heterocycles. The second-order valence-corrected chi connectivity index (χ2v) is 21.1. The number of unbranched alkanes of at least 4 members (excludes halogenated alkanes) is 1. The van der Waals surface area contributed by atoms with Gasteiger partial charge in [0.05, 0.1) is 20.3 Å². The van der Waals surface area contributed by atoms with Crippen LogP contribution in [0.5, 0.6) is 0 Å². The van der Waals surface area contributed by atoms with Gasteiger partial charge in [-0.25, -0.2) is 64.0 Å². The van der Waals surface area contributed by atoms with Crippen molar-refractivity contribution in [3.05, 3.63) is 127 Å². The van der Waals surface area contributed by atoms with Crippen LogP contribution >= 0.6 is 0 Å². The number of oxazole rings is 9. The zero-order valence-electron chi connectivity index (χ0n) is 49.5. The summed E-state index contributed by atoms with van der Waals surface area (Å²) in [6.45, 7) is 13.4. The molecule has 31 nitrogen and oxygen atoms in total. The van der Waals surface area contributed by atoms with Crippen molar-refractivity contribution in [1.82, 2.24) is 60.8 Å². The average molecular weight is 1230 g/mol. The van der Waals surface area contributed by atoms with Gasteiger partial charge >= 0.3 is 24.1 Å². The lowest BCUT2D eigenvalue weighted by molar-refractivity contribution is 0.0524. The Bertz CT molecular complexity index is 3980. The van der Waals surface area contributed by atoms with Crippen LogP contribution in [-0.2, 0) is 25.6 Å². The van der Waals surface area contributed by atoms with Crippen LogP contribution < -0.4 is 21.7 Å². The van der Waals surface area contributed by atoms with Crippen LogP contribution in [-0.4, -0.2) is 101 Å². The largest absolute Gasteiger partial charge is 0.464 e. The minimum Gasteiger partial charge on any atom is -0.464 e. The van der Waals surface area contributed by atoms with Gasteiger partial charge in [-0.1, -0.05) is 58.0 Å². The normalized spacial score (nSPS) is 12.4. The number of aromatic nitrogens is 9. The van der Waals surface area contributed by atoms with Gasteiger partial charge in [-0.05, 0) is 57.4 Å². The molecule has 0 saturated carbocycles. The van der Waals surface area contributed by atoms with Crippen molar-refractivity contribution in [2.45, 2.75) is 98.1 Å². The summed E-state index contributed by atoms with van der Waals surface area (Å²) < 4.78 is 69.6. The molecule has 9 aromatic heterocycles. The molecule has 0 bridgehead atoms. The van der Waals surface area contributed by atoms with Gasteiger partial charge in [0.2, 0.25) is 53.0 Å².